The highest BCUT2D eigenvalue weighted by Gasteiger charge is 2.33. The molecule has 0 saturated carbocycles. The number of hydrogen-bond acceptors (Lipinski definition) is 2. The van der Waals surface area contributed by atoms with E-state index >= 15 is 0 Å². The SMILES string of the molecule is Nc1ccc(C(=O)NCCCC(F)(F)F)cc1C(F)(F)F. The fraction of sp³-hybridized carbons (Fsp3) is 0.417. The van der Waals surface area contributed by atoms with Crippen LogP contribution in [-0.2, 0) is 6.18 Å². The number of amides is 1. The van der Waals surface area contributed by atoms with Gasteiger partial charge in [-0.15, -0.1) is 0 Å². The maximum atomic E-state index is 12.6. The standard InChI is InChI=1S/C12H12F6N2O/c13-11(14,15)4-1-5-20-10(21)7-2-3-9(19)8(6-7)12(16,17)18/h2-3,6H,1,4-5,19H2,(H,20,21). The van der Waals surface area contributed by atoms with Crippen molar-refractivity contribution in [1.29, 1.82) is 0 Å². The first-order valence-electron chi connectivity index (χ1n) is 5.82. The van der Waals surface area contributed by atoms with E-state index < -0.39 is 35.9 Å². The Morgan fingerprint density at radius 1 is 1.14 bits per heavy atom. The van der Waals surface area contributed by atoms with Crippen molar-refractivity contribution in [3.63, 3.8) is 0 Å². The molecule has 0 radical (unpaired) electrons. The van der Waals surface area contributed by atoms with Gasteiger partial charge in [0.05, 0.1) is 5.56 Å². The van der Waals surface area contributed by atoms with Gasteiger partial charge in [0.1, 0.15) is 0 Å². The van der Waals surface area contributed by atoms with Crippen molar-refractivity contribution in [2.75, 3.05) is 12.3 Å². The van der Waals surface area contributed by atoms with E-state index in [-0.39, 0.29) is 18.5 Å². The molecule has 9 heteroatoms. The number of benzene rings is 1. The molecule has 118 valence electrons. The first kappa shape index (κ1) is 17.1. The Hall–Kier alpha value is -1.93. The van der Waals surface area contributed by atoms with E-state index in [0.29, 0.717) is 6.07 Å². The molecule has 21 heavy (non-hydrogen) atoms. The van der Waals surface area contributed by atoms with Gasteiger partial charge in [0.15, 0.2) is 0 Å². The van der Waals surface area contributed by atoms with E-state index in [4.69, 9.17) is 5.73 Å². The summed E-state index contributed by atoms with van der Waals surface area (Å²) in [6.07, 6.45) is -10.5. The molecule has 1 rings (SSSR count). The third-order valence-electron chi connectivity index (χ3n) is 2.54. The zero-order valence-corrected chi connectivity index (χ0v) is 10.6. The number of anilines is 1. The second-order valence-corrected chi connectivity index (χ2v) is 4.27. The normalized spacial score (nSPS) is 12.3. The number of nitrogens with two attached hydrogens (primary N) is 1. The smallest absolute Gasteiger partial charge is 0.398 e. The highest BCUT2D eigenvalue weighted by molar-refractivity contribution is 5.94. The first-order chi connectivity index (χ1) is 9.50. The zero-order chi connectivity index (χ0) is 16.3. The molecular formula is C12H12F6N2O. The molecule has 0 aliphatic rings. The van der Waals surface area contributed by atoms with Gasteiger partial charge in [0.2, 0.25) is 0 Å². The molecule has 0 heterocycles. The fourth-order valence-electron chi connectivity index (χ4n) is 1.54. The van der Waals surface area contributed by atoms with Gasteiger partial charge in [-0.05, 0) is 24.6 Å². The summed E-state index contributed by atoms with van der Waals surface area (Å²) < 4.78 is 73.4. The third-order valence-corrected chi connectivity index (χ3v) is 2.54. The number of hydrogen-bond donors (Lipinski definition) is 2. The number of carbonyl (C=O) groups excluding carboxylic acids is 1. The lowest BCUT2D eigenvalue weighted by atomic mass is 10.1. The Balaban J connectivity index is 2.67. The average Bonchev–Trinajstić information content (AvgIpc) is 2.32. The lowest BCUT2D eigenvalue weighted by Gasteiger charge is -2.12. The summed E-state index contributed by atoms with van der Waals surface area (Å²) in [4.78, 5) is 11.6. The van der Waals surface area contributed by atoms with Crippen molar-refractivity contribution in [2.45, 2.75) is 25.2 Å². The van der Waals surface area contributed by atoms with Gasteiger partial charge in [0.25, 0.3) is 5.91 Å². The number of alkyl halides is 6. The second-order valence-electron chi connectivity index (χ2n) is 4.27. The molecule has 0 fully saturated rings. The Morgan fingerprint density at radius 3 is 2.29 bits per heavy atom. The number of nitrogens with one attached hydrogen (secondary N) is 1. The van der Waals surface area contributed by atoms with Crippen molar-refractivity contribution >= 4 is 11.6 Å². The van der Waals surface area contributed by atoms with E-state index in [0.717, 1.165) is 12.1 Å². The molecule has 0 saturated heterocycles. The quantitative estimate of drug-likeness (QED) is 0.509. The minimum absolute atomic E-state index is 0.288. The van der Waals surface area contributed by atoms with E-state index in [9.17, 15) is 31.1 Å². The predicted octanol–water partition coefficient (Wildman–Crippen LogP) is 3.36. The minimum atomic E-state index is -4.71. The summed E-state index contributed by atoms with van der Waals surface area (Å²) in [5.41, 5.74) is 3.16. The first-order valence-corrected chi connectivity index (χ1v) is 5.82. The monoisotopic (exact) mass is 314 g/mol. The summed E-state index contributed by atoms with van der Waals surface area (Å²) in [5, 5.41) is 2.12. The van der Waals surface area contributed by atoms with Crippen molar-refractivity contribution in [3.8, 4) is 0 Å². The van der Waals surface area contributed by atoms with Crippen LogP contribution in [0.25, 0.3) is 0 Å². The molecular weight excluding hydrogens is 302 g/mol. The number of carbonyl (C=O) groups is 1. The molecule has 0 aromatic heterocycles. The Morgan fingerprint density at radius 2 is 1.76 bits per heavy atom. The van der Waals surface area contributed by atoms with E-state index in [1.807, 2.05) is 0 Å². The van der Waals surface area contributed by atoms with Gasteiger partial charge >= 0.3 is 12.4 Å². The summed E-state index contributed by atoms with van der Waals surface area (Å²) in [5.74, 6) is -0.886. The van der Waals surface area contributed by atoms with Crippen LogP contribution in [0.1, 0.15) is 28.8 Å². The van der Waals surface area contributed by atoms with Crippen LogP contribution in [0.15, 0.2) is 18.2 Å². The maximum Gasteiger partial charge on any atom is 0.418 e. The zero-order valence-electron chi connectivity index (χ0n) is 10.6. The van der Waals surface area contributed by atoms with Crippen LogP contribution < -0.4 is 11.1 Å². The van der Waals surface area contributed by atoms with Gasteiger partial charge in [-0.1, -0.05) is 0 Å². The van der Waals surface area contributed by atoms with Crippen LogP contribution in [0.4, 0.5) is 32.0 Å². The lowest BCUT2D eigenvalue weighted by molar-refractivity contribution is -0.137. The highest BCUT2D eigenvalue weighted by atomic mass is 19.4. The summed E-state index contributed by atoms with van der Waals surface area (Å²) in [7, 11) is 0. The van der Waals surface area contributed by atoms with Crippen LogP contribution in [0.3, 0.4) is 0 Å². The van der Waals surface area contributed by atoms with Crippen LogP contribution in [-0.4, -0.2) is 18.6 Å². The predicted molar refractivity (Wildman–Crippen MR) is 63.5 cm³/mol. The molecule has 3 N–H and O–H groups in total. The topological polar surface area (TPSA) is 55.1 Å². The molecule has 0 unspecified atom stereocenters. The van der Waals surface area contributed by atoms with Crippen LogP contribution >= 0.6 is 0 Å². The van der Waals surface area contributed by atoms with Gasteiger partial charge < -0.3 is 11.1 Å². The second kappa shape index (κ2) is 6.23. The van der Waals surface area contributed by atoms with Crippen LogP contribution in [0.2, 0.25) is 0 Å². The van der Waals surface area contributed by atoms with Gasteiger partial charge in [-0.3, -0.25) is 4.79 Å². The lowest BCUT2D eigenvalue weighted by Crippen LogP contribution is -2.26. The number of nitrogen functional groups attached to an aromatic ring is 1. The Labute approximate surface area is 116 Å². The summed E-state index contributed by atoms with van der Waals surface area (Å²) in [6, 6.07) is 2.56. The maximum absolute atomic E-state index is 12.6. The molecule has 0 bridgehead atoms. The highest BCUT2D eigenvalue weighted by Crippen LogP contribution is 2.34. The van der Waals surface area contributed by atoms with E-state index in [1.165, 1.54) is 0 Å². The van der Waals surface area contributed by atoms with Crippen molar-refractivity contribution in [2.24, 2.45) is 0 Å². The van der Waals surface area contributed by atoms with E-state index in [1.54, 1.807) is 0 Å². The molecule has 0 aliphatic carbocycles. The van der Waals surface area contributed by atoms with Gasteiger partial charge in [-0.2, -0.15) is 26.3 Å². The Bertz CT molecular complexity index is 509. The molecule has 1 amide bonds. The largest absolute Gasteiger partial charge is 0.418 e. The van der Waals surface area contributed by atoms with Gasteiger partial charge in [0, 0.05) is 24.2 Å². The molecule has 1 aromatic rings. The van der Waals surface area contributed by atoms with Crippen molar-refractivity contribution in [3.05, 3.63) is 29.3 Å². The van der Waals surface area contributed by atoms with Gasteiger partial charge in [-0.25, -0.2) is 0 Å². The van der Waals surface area contributed by atoms with E-state index in [2.05, 4.69) is 5.32 Å². The average molecular weight is 314 g/mol. The van der Waals surface area contributed by atoms with Crippen molar-refractivity contribution < 1.29 is 31.1 Å². The molecule has 1 aromatic carbocycles. The Kier molecular flexibility index (Phi) is 5.08. The summed E-state index contributed by atoms with van der Waals surface area (Å²) >= 11 is 0. The fourth-order valence-corrected chi connectivity index (χ4v) is 1.54. The molecule has 0 aliphatic heterocycles. The molecule has 0 spiro atoms. The molecule has 0 atom stereocenters. The third kappa shape index (κ3) is 5.52. The molecule has 3 nitrogen and oxygen atoms in total. The van der Waals surface area contributed by atoms with Crippen LogP contribution in [0, 0.1) is 0 Å². The number of rotatable bonds is 4. The summed E-state index contributed by atoms with van der Waals surface area (Å²) in [6.45, 7) is -0.288. The number of halogens is 6. The minimum Gasteiger partial charge on any atom is -0.398 e. The van der Waals surface area contributed by atoms with Crippen LogP contribution in [0.5, 0.6) is 0 Å². The van der Waals surface area contributed by atoms with Crippen molar-refractivity contribution in [1.82, 2.24) is 5.32 Å².